The molecule has 1 heterocycles. The second kappa shape index (κ2) is 8.73. The van der Waals surface area contributed by atoms with Gasteiger partial charge in [0.1, 0.15) is 6.26 Å². The Morgan fingerprint density at radius 3 is 2.60 bits per heavy atom. The predicted octanol–water partition coefficient (Wildman–Crippen LogP) is 0.469. The summed E-state index contributed by atoms with van der Waals surface area (Å²) < 4.78 is 9.50. The highest BCUT2D eigenvalue weighted by Crippen LogP contribution is 1.98. The lowest BCUT2D eigenvalue weighted by atomic mass is 10.3. The van der Waals surface area contributed by atoms with Gasteiger partial charge >= 0.3 is 5.97 Å². The average molecular weight is 282 g/mol. The predicted molar refractivity (Wildman–Crippen MR) is 69.9 cm³/mol. The number of furan rings is 1. The lowest BCUT2D eigenvalue weighted by Crippen LogP contribution is -2.31. The first kappa shape index (κ1) is 15.7. The summed E-state index contributed by atoms with van der Waals surface area (Å²) in [5, 5.41) is 5.15. The SMILES string of the molecule is CCOC(=O)CCNC(=O)CCNC(=O)c1ccoc1. The van der Waals surface area contributed by atoms with Crippen LogP contribution in [0.4, 0.5) is 0 Å². The number of hydrogen-bond donors (Lipinski definition) is 2. The highest BCUT2D eigenvalue weighted by Gasteiger charge is 2.08. The minimum absolute atomic E-state index is 0.140. The Labute approximate surface area is 116 Å². The first-order valence-corrected chi connectivity index (χ1v) is 6.36. The Bertz CT molecular complexity index is 442. The van der Waals surface area contributed by atoms with Gasteiger partial charge in [0.2, 0.25) is 5.91 Å². The van der Waals surface area contributed by atoms with Crippen LogP contribution in [-0.4, -0.2) is 37.5 Å². The van der Waals surface area contributed by atoms with E-state index < -0.39 is 0 Å². The van der Waals surface area contributed by atoms with Crippen LogP contribution in [0, 0.1) is 0 Å². The molecular formula is C13H18N2O5. The van der Waals surface area contributed by atoms with Gasteiger partial charge in [0, 0.05) is 19.5 Å². The molecule has 1 aromatic rings. The molecule has 2 amide bonds. The van der Waals surface area contributed by atoms with Crippen molar-refractivity contribution in [3.8, 4) is 0 Å². The highest BCUT2D eigenvalue weighted by molar-refractivity contribution is 5.94. The summed E-state index contributed by atoms with van der Waals surface area (Å²) in [4.78, 5) is 33.9. The molecule has 0 radical (unpaired) electrons. The van der Waals surface area contributed by atoms with Gasteiger partial charge in [0.05, 0.1) is 24.9 Å². The van der Waals surface area contributed by atoms with Gasteiger partial charge in [0.15, 0.2) is 0 Å². The van der Waals surface area contributed by atoms with Gasteiger partial charge in [-0.25, -0.2) is 0 Å². The lowest BCUT2D eigenvalue weighted by molar-refractivity contribution is -0.143. The number of ether oxygens (including phenoxy) is 1. The van der Waals surface area contributed by atoms with Crippen molar-refractivity contribution in [3.05, 3.63) is 24.2 Å². The quantitative estimate of drug-likeness (QED) is 0.675. The Balaban J connectivity index is 2.08. The Morgan fingerprint density at radius 1 is 1.20 bits per heavy atom. The number of rotatable bonds is 8. The summed E-state index contributed by atoms with van der Waals surface area (Å²) in [6.07, 6.45) is 3.01. The molecule has 0 atom stereocenters. The van der Waals surface area contributed by atoms with E-state index >= 15 is 0 Å². The third-order valence-electron chi connectivity index (χ3n) is 2.38. The molecule has 0 spiro atoms. The fourth-order valence-corrected chi connectivity index (χ4v) is 1.41. The molecule has 0 aliphatic carbocycles. The van der Waals surface area contributed by atoms with E-state index in [9.17, 15) is 14.4 Å². The van der Waals surface area contributed by atoms with E-state index in [2.05, 4.69) is 10.6 Å². The van der Waals surface area contributed by atoms with Crippen LogP contribution >= 0.6 is 0 Å². The zero-order chi connectivity index (χ0) is 14.8. The van der Waals surface area contributed by atoms with Crippen LogP contribution in [0.2, 0.25) is 0 Å². The number of nitrogens with one attached hydrogen (secondary N) is 2. The van der Waals surface area contributed by atoms with Crippen LogP contribution in [0.5, 0.6) is 0 Å². The number of hydrogen-bond acceptors (Lipinski definition) is 5. The molecule has 0 saturated carbocycles. The second-order valence-corrected chi connectivity index (χ2v) is 3.92. The Kier molecular flexibility index (Phi) is 6.88. The molecule has 0 unspecified atom stereocenters. The van der Waals surface area contributed by atoms with Crippen molar-refractivity contribution in [2.75, 3.05) is 19.7 Å². The van der Waals surface area contributed by atoms with Crippen LogP contribution in [0.1, 0.15) is 30.1 Å². The summed E-state index contributed by atoms with van der Waals surface area (Å²) in [5.74, 6) is -0.874. The number of carbonyl (C=O) groups is 3. The highest BCUT2D eigenvalue weighted by atomic mass is 16.5. The molecule has 7 nitrogen and oxygen atoms in total. The standard InChI is InChI=1S/C13H18N2O5/c1-2-20-12(17)4-7-14-11(16)3-6-15-13(18)10-5-8-19-9-10/h5,8-9H,2-4,6-7H2,1H3,(H,14,16)(H,15,18). The van der Waals surface area contributed by atoms with E-state index in [1.165, 1.54) is 18.6 Å². The van der Waals surface area contributed by atoms with E-state index in [0.717, 1.165) is 0 Å². The fraction of sp³-hybridized carbons (Fsp3) is 0.462. The van der Waals surface area contributed by atoms with Crippen molar-refractivity contribution < 1.29 is 23.5 Å². The third-order valence-corrected chi connectivity index (χ3v) is 2.38. The smallest absolute Gasteiger partial charge is 0.307 e. The van der Waals surface area contributed by atoms with Crippen LogP contribution in [0.3, 0.4) is 0 Å². The number of esters is 1. The lowest BCUT2D eigenvalue weighted by Gasteiger charge is -2.06. The fourth-order valence-electron chi connectivity index (χ4n) is 1.41. The first-order chi connectivity index (χ1) is 9.63. The van der Waals surface area contributed by atoms with Gasteiger partial charge in [-0.3, -0.25) is 14.4 Å². The molecule has 0 saturated heterocycles. The van der Waals surface area contributed by atoms with Crippen molar-refractivity contribution in [2.24, 2.45) is 0 Å². The van der Waals surface area contributed by atoms with Crippen molar-refractivity contribution in [2.45, 2.75) is 19.8 Å². The van der Waals surface area contributed by atoms with Gasteiger partial charge in [-0.15, -0.1) is 0 Å². The minimum atomic E-state index is -0.346. The summed E-state index contributed by atoms with van der Waals surface area (Å²) in [6, 6.07) is 1.54. The zero-order valence-corrected chi connectivity index (χ0v) is 11.3. The summed E-state index contributed by atoms with van der Waals surface area (Å²) in [6.45, 7) is 2.49. The summed E-state index contributed by atoms with van der Waals surface area (Å²) >= 11 is 0. The molecule has 0 bridgehead atoms. The molecule has 0 aliphatic heterocycles. The normalized spacial score (nSPS) is 9.85. The molecule has 110 valence electrons. The maximum atomic E-state index is 11.5. The van der Waals surface area contributed by atoms with Crippen LogP contribution in [0.15, 0.2) is 23.0 Å². The van der Waals surface area contributed by atoms with Crippen molar-refractivity contribution >= 4 is 17.8 Å². The Hall–Kier alpha value is -2.31. The van der Waals surface area contributed by atoms with E-state index in [1.54, 1.807) is 6.92 Å². The molecule has 1 rings (SSSR count). The van der Waals surface area contributed by atoms with Gasteiger partial charge in [-0.05, 0) is 13.0 Å². The summed E-state index contributed by atoms with van der Waals surface area (Å²) in [7, 11) is 0. The molecule has 20 heavy (non-hydrogen) atoms. The van der Waals surface area contributed by atoms with Crippen LogP contribution < -0.4 is 10.6 Å². The van der Waals surface area contributed by atoms with Crippen molar-refractivity contribution in [3.63, 3.8) is 0 Å². The largest absolute Gasteiger partial charge is 0.472 e. The van der Waals surface area contributed by atoms with Crippen molar-refractivity contribution in [1.29, 1.82) is 0 Å². The summed E-state index contributed by atoms with van der Waals surface area (Å²) in [5.41, 5.74) is 0.410. The van der Waals surface area contributed by atoms with Gasteiger partial charge in [-0.1, -0.05) is 0 Å². The first-order valence-electron chi connectivity index (χ1n) is 6.36. The third kappa shape index (κ3) is 6.03. The minimum Gasteiger partial charge on any atom is -0.472 e. The van der Waals surface area contributed by atoms with E-state index in [1.807, 2.05) is 0 Å². The van der Waals surface area contributed by atoms with Crippen LogP contribution in [-0.2, 0) is 14.3 Å². The second-order valence-electron chi connectivity index (χ2n) is 3.92. The van der Waals surface area contributed by atoms with Gasteiger partial charge < -0.3 is 19.8 Å². The number of amides is 2. The number of carbonyl (C=O) groups excluding carboxylic acids is 3. The van der Waals surface area contributed by atoms with E-state index in [0.29, 0.717) is 12.2 Å². The van der Waals surface area contributed by atoms with E-state index in [-0.39, 0.29) is 43.7 Å². The Morgan fingerprint density at radius 2 is 1.95 bits per heavy atom. The van der Waals surface area contributed by atoms with Crippen molar-refractivity contribution in [1.82, 2.24) is 10.6 Å². The van der Waals surface area contributed by atoms with E-state index in [4.69, 9.17) is 9.15 Å². The molecule has 0 aliphatic rings. The molecule has 7 heteroatoms. The monoisotopic (exact) mass is 282 g/mol. The molecule has 1 aromatic heterocycles. The van der Waals surface area contributed by atoms with Gasteiger partial charge in [-0.2, -0.15) is 0 Å². The average Bonchev–Trinajstić information content (AvgIpc) is 2.93. The molecule has 0 aromatic carbocycles. The molecule has 0 fully saturated rings. The maximum Gasteiger partial charge on any atom is 0.307 e. The zero-order valence-electron chi connectivity index (χ0n) is 11.3. The molecular weight excluding hydrogens is 264 g/mol. The topological polar surface area (TPSA) is 97.6 Å². The molecule has 2 N–H and O–H groups in total. The maximum absolute atomic E-state index is 11.5. The van der Waals surface area contributed by atoms with Gasteiger partial charge in [0.25, 0.3) is 5.91 Å². The van der Waals surface area contributed by atoms with Crippen LogP contribution in [0.25, 0.3) is 0 Å².